The minimum Gasteiger partial charge on any atom is -0.488 e. The van der Waals surface area contributed by atoms with Crippen molar-refractivity contribution < 1.29 is 4.74 Å². The average Bonchev–Trinajstić information content (AvgIpc) is 3.48. The summed E-state index contributed by atoms with van der Waals surface area (Å²) in [5, 5.41) is 13.0. The summed E-state index contributed by atoms with van der Waals surface area (Å²) in [6, 6.07) is 26.4. The number of nitrogens with two attached hydrogens (primary N) is 1. The van der Waals surface area contributed by atoms with Gasteiger partial charge in [0.1, 0.15) is 18.2 Å². The molecule has 0 spiro atoms. The van der Waals surface area contributed by atoms with Crippen molar-refractivity contribution in [2.75, 3.05) is 0 Å². The van der Waals surface area contributed by atoms with Gasteiger partial charge in [-0.15, -0.1) is 11.3 Å². The third-order valence-electron chi connectivity index (χ3n) is 5.08. The van der Waals surface area contributed by atoms with E-state index in [1.165, 1.54) is 11.3 Å². The van der Waals surface area contributed by atoms with Crippen molar-refractivity contribution in [2.45, 2.75) is 6.61 Å². The van der Waals surface area contributed by atoms with Crippen LogP contribution >= 0.6 is 11.3 Å². The monoisotopic (exact) mass is 424 g/mol. The van der Waals surface area contributed by atoms with Gasteiger partial charge in [0, 0.05) is 22.7 Å². The molecule has 2 aromatic heterocycles. The molecular formula is C25H20N4OS. The Kier molecular flexibility index (Phi) is 4.98. The van der Waals surface area contributed by atoms with Crippen molar-refractivity contribution in [1.82, 2.24) is 9.78 Å². The first kappa shape index (κ1) is 19.1. The Balaban J connectivity index is 1.38. The molecule has 0 unspecified atom stereocenters. The number of ether oxygens (including phenoxy) is 1. The minimum atomic E-state index is 0.102. The molecule has 2 heterocycles. The summed E-state index contributed by atoms with van der Waals surface area (Å²) in [6.07, 6.45) is 3.69. The Morgan fingerprint density at radius 3 is 2.61 bits per heavy atom. The van der Waals surface area contributed by atoms with Crippen molar-refractivity contribution >= 4 is 27.3 Å². The second-order valence-corrected chi connectivity index (χ2v) is 8.26. The van der Waals surface area contributed by atoms with Gasteiger partial charge in [0.2, 0.25) is 0 Å². The van der Waals surface area contributed by atoms with E-state index in [9.17, 15) is 0 Å². The highest BCUT2D eigenvalue weighted by Gasteiger charge is 2.10. The molecule has 152 valence electrons. The molecule has 5 nitrogen and oxygen atoms in total. The summed E-state index contributed by atoms with van der Waals surface area (Å²) in [5.41, 5.74) is 9.87. The maximum Gasteiger partial charge on any atom is 0.133 e. The fraction of sp³-hybridized carbons (Fsp3) is 0.0400. The van der Waals surface area contributed by atoms with Crippen LogP contribution in [-0.2, 0) is 6.61 Å². The Morgan fingerprint density at radius 1 is 1.00 bits per heavy atom. The normalized spacial score (nSPS) is 11.0. The van der Waals surface area contributed by atoms with Gasteiger partial charge in [0.15, 0.2) is 0 Å². The first-order chi connectivity index (χ1) is 15.2. The molecule has 5 rings (SSSR count). The molecule has 3 aromatic carbocycles. The number of nitrogens with zero attached hydrogens (tertiary/aromatic N) is 2. The molecule has 5 aromatic rings. The number of hydrogen-bond donors (Lipinski definition) is 2. The highest BCUT2D eigenvalue weighted by atomic mass is 32.1. The zero-order chi connectivity index (χ0) is 21.2. The van der Waals surface area contributed by atoms with E-state index in [0.29, 0.717) is 6.61 Å². The molecule has 6 heteroatoms. The molecule has 3 N–H and O–H groups in total. The summed E-state index contributed by atoms with van der Waals surface area (Å²) in [4.78, 5) is 0.787. The lowest BCUT2D eigenvalue weighted by atomic mass is 10.0. The lowest BCUT2D eigenvalue weighted by molar-refractivity contribution is 0.307. The summed E-state index contributed by atoms with van der Waals surface area (Å²) < 4.78 is 9.14. The van der Waals surface area contributed by atoms with Crippen molar-refractivity contribution in [3.63, 3.8) is 0 Å². The topological polar surface area (TPSA) is 76.9 Å². The number of hydrogen-bond acceptors (Lipinski definition) is 4. The molecule has 0 radical (unpaired) electrons. The first-order valence-electron chi connectivity index (χ1n) is 9.86. The van der Waals surface area contributed by atoms with Crippen LogP contribution < -0.4 is 10.5 Å². The standard InChI is InChI=1S/C25H20N4OS/c26-25(27)24-15-19-14-18(8-11-23(19)31-24)21-4-1-2-5-22(21)30-16-17-6-9-20(10-7-17)29-13-3-12-28-29/h1-15H,16H2,(H3,26,27). The number of nitrogens with one attached hydrogen (secondary N) is 1. The molecule has 0 saturated heterocycles. The second kappa shape index (κ2) is 8.08. The predicted octanol–water partition coefficient (Wildman–Crippen LogP) is 5.62. The molecular weight excluding hydrogens is 404 g/mol. The Hall–Kier alpha value is -3.90. The molecule has 0 fully saturated rings. The fourth-order valence-electron chi connectivity index (χ4n) is 3.50. The lowest BCUT2D eigenvalue weighted by Crippen LogP contribution is -2.08. The molecule has 0 aliphatic heterocycles. The molecule has 0 bridgehead atoms. The van der Waals surface area contributed by atoms with E-state index in [1.54, 1.807) is 6.20 Å². The van der Waals surface area contributed by atoms with Crippen LogP contribution in [0.1, 0.15) is 10.4 Å². The lowest BCUT2D eigenvalue weighted by Gasteiger charge is -2.12. The average molecular weight is 425 g/mol. The molecule has 0 aliphatic carbocycles. The van der Waals surface area contributed by atoms with Gasteiger partial charge in [0.25, 0.3) is 0 Å². The van der Waals surface area contributed by atoms with E-state index in [1.807, 2.05) is 53.3 Å². The number of benzene rings is 3. The first-order valence-corrected chi connectivity index (χ1v) is 10.7. The quantitative estimate of drug-likeness (QED) is 0.274. The van der Waals surface area contributed by atoms with E-state index in [2.05, 4.69) is 41.5 Å². The van der Waals surface area contributed by atoms with E-state index in [4.69, 9.17) is 15.9 Å². The van der Waals surface area contributed by atoms with Crippen LogP contribution in [0.2, 0.25) is 0 Å². The van der Waals surface area contributed by atoms with E-state index in [-0.39, 0.29) is 5.84 Å². The number of thiophene rings is 1. The van der Waals surface area contributed by atoms with Crippen LogP contribution in [0, 0.1) is 5.41 Å². The number of nitrogen functional groups attached to an aromatic ring is 1. The minimum absolute atomic E-state index is 0.102. The summed E-state index contributed by atoms with van der Waals surface area (Å²) >= 11 is 1.53. The van der Waals surface area contributed by atoms with E-state index >= 15 is 0 Å². The van der Waals surface area contributed by atoms with Crippen LogP contribution in [-0.4, -0.2) is 15.6 Å². The maximum absolute atomic E-state index is 7.67. The fourth-order valence-corrected chi connectivity index (χ4v) is 4.41. The molecule has 31 heavy (non-hydrogen) atoms. The van der Waals surface area contributed by atoms with Gasteiger partial charge >= 0.3 is 0 Å². The van der Waals surface area contributed by atoms with Gasteiger partial charge < -0.3 is 10.5 Å². The Bertz CT molecular complexity index is 1350. The van der Waals surface area contributed by atoms with Gasteiger partial charge in [-0.25, -0.2) is 4.68 Å². The maximum atomic E-state index is 7.67. The van der Waals surface area contributed by atoms with Crippen LogP contribution in [0.4, 0.5) is 0 Å². The zero-order valence-electron chi connectivity index (χ0n) is 16.7. The van der Waals surface area contributed by atoms with Gasteiger partial charge in [-0.3, -0.25) is 5.41 Å². The number of fused-ring (bicyclic) bond motifs is 1. The second-order valence-electron chi connectivity index (χ2n) is 7.18. The van der Waals surface area contributed by atoms with Crippen LogP contribution in [0.25, 0.3) is 26.9 Å². The third kappa shape index (κ3) is 3.93. The van der Waals surface area contributed by atoms with Crippen LogP contribution in [0.15, 0.2) is 91.3 Å². The smallest absolute Gasteiger partial charge is 0.133 e. The Morgan fingerprint density at radius 2 is 1.84 bits per heavy atom. The van der Waals surface area contributed by atoms with Gasteiger partial charge in [-0.2, -0.15) is 5.10 Å². The third-order valence-corrected chi connectivity index (χ3v) is 6.23. The van der Waals surface area contributed by atoms with Gasteiger partial charge in [-0.1, -0.05) is 36.4 Å². The molecule has 0 aliphatic rings. The number of rotatable bonds is 6. The van der Waals surface area contributed by atoms with Crippen LogP contribution in [0.5, 0.6) is 5.75 Å². The van der Waals surface area contributed by atoms with Crippen molar-refractivity contribution in [2.24, 2.45) is 5.73 Å². The number of aromatic nitrogens is 2. The van der Waals surface area contributed by atoms with E-state index < -0.39 is 0 Å². The van der Waals surface area contributed by atoms with Crippen LogP contribution in [0.3, 0.4) is 0 Å². The molecule has 0 amide bonds. The molecule has 0 atom stereocenters. The summed E-state index contributed by atoms with van der Waals surface area (Å²) in [6.45, 7) is 0.478. The summed E-state index contributed by atoms with van der Waals surface area (Å²) in [7, 11) is 0. The highest BCUT2D eigenvalue weighted by molar-refractivity contribution is 7.20. The van der Waals surface area contributed by atoms with Gasteiger partial charge in [0.05, 0.1) is 10.6 Å². The van der Waals surface area contributed by atoms with Crippen molar-refractivity contribution in [3.8, 4) is 22.6 Å². The number of amidine groups is 1. The van der Waals surface area contributed by atoms with Crippen molar-refractivity contribution in [3.05, 3.63) is 102 Å². The SMILES string of the molecule is N=C(N)c1cc2cc(-c3ccccc3OCc3ccc(-n4cccn4)cc3)ccc2s1. The molecule has 0 saturated carbocycles. The Labute approximate surface area is 183 Å². The number of para-hydroxylation sites is 1. The largest absolute Gasteiger partial charge is 0.488 e. The van der Waals surface area contributed by atoms with Crippen molar-refractivity contribution in [1.29, 1.82) is 5.41 Å². The van der Waals surface area contributed by atoms with E-state index in [0.717, 1.165) is 43.1 Å². The van der Waals surface area contributed by atoms with Gasteiger partial charge in [-0.05, 0) is 59.0 Å². The highest BCUT2D eigenvalue weighted by Crippen LogP contribution is 2.34. The predicted molar refractivity (Wildman–Crippen MR) is 126 cm³/mol. The zero-order valence-corrected chi connectivity index (χ0v) is 17.5. The summed E-state index contributed by atoms with van der Waals surface area (Å²) in [5.74, 6) is 0.935.